The summed E-state index contributed by atoms with van der Waals surface area (Å²) in [6.45, 7) is 5.25. The molecule has 0 spiro atoms. The number of methoxy groups -OCH3 is 3. The highest BCUT2D eigenvalue weighted by Gasteiger charge is 2.36. The average Bonchev–Trinajstić information content (AvgIpc) is 2.63. The molecule has 1 heterocycles. The second-order valence-corrected chi connectivity index (χ2v) is 6.35. The lowest BCUT2D eigenvalue weighted by atomic mass is 9.94. The van der Waals surface area contributed by atoms with Crippen LogP contribution in [-0.4, -0.2) is 51.4 Å². The number of esters is 1. The van der Waals surface area contributed by atoms with Crippen LogP contribution in [0.3, 0.4) is 0 Å². The first kappa shape index (κ1) is 20.4. The first-order chi connectivity index (χ1) is 12.7. The summed E-state index contributed by atoms with van der Waals surface area (Å²) in [5.41, 5.74) is 1.48. The second kappa shape index (κ2) is 8.20. The molecule has 1 aromatic rings. The van der Waals surface area contributed by atoms with Crippen LogP contribution < -0.4 is 19.5 Å². The van der Waals surface area contributed by atoms with Crippen LogP contribution >= 0.6 is 0 Å². The summed E-state index contributed by atoms with van der Waals surface area (Å²) in [5, 5.41) is 2.83. The van der Waals surface area contributed by atoms with Crippen LogP contribution in [0.4, 0.5) is 4.79 Å². The molecule has 0 saturated carbocycles. The van der Waals surface area contributed by atoms with Gasteiger partial charge in [0.05, 0.1) is 39.0 Å². The maximum atomic E-state index is 12.7. The van der Waals surface area contributed by atoms with Crippen LogP contribution in [0.5, 0.6) is 17.2 Å². The molecule has 1 unspecified atom stereocenters. The number of hydrogen-bond donors (Lipinski definition) is 1. The van der Waals surface area contributed by atoms with Gasteiger partial charge in [0.25, 0.3) is 0 Å². The first-order valence-electron chi connectivity index (χ1n) is 8.51. The Balaban J connectivity index is 2.63. The van der Waals surface area contributed by atoms with Gasteiger partial charge in [-0.2, -0.15) is 0 Å². The molecule has 1 atom stereocenters. The van der Waals surface area contributed by atoms with Gasteiger partial charge in [-0.15, -0.1) is 0 Å². The van der Waals surface area contributed by atoms with Crippen molar-refractivity contribution in [3.63, 3.8) is 0 Å². The van der Waals surface area contributed by atoms with E-state index >= 15 is 0 Å². The molecule has 0 saturated heterocycles. The predicted molar refractivity (Wildman–Crippen MR) is 99.1 cm³/mol. The first-order valence-corrected chi connectivity index (χ1v) is 8.51. The van der Waals surface area contributed by atoms with E-state index in [-0.39, 0.29) is 12.1 Å². The summed E-state index contributed by atoms with van der Waals surface area (Å²) >= 11 is 0. The Morgan fingerprint density at radius 3 is 2.11 bits per heavy atom. The number of allylic oxidation sites excluding steroid dienone is 1. The van der Waals surface area contributed by atoms with E-state index in [1.807, 2.05) is 0 Å². The van der Waals surface area contributed by atoms with Gasteiger partial charge in [0.1, 0.15) is 0 Å². The Hall–Kier alpha value is -2.90. The molecule has 1 N–H and O–H groups in total. The summed E-state index contributed by atoms with van der Waals surface area (Å²) in [7, 11) is 6.11. The van der Waals surface area contributed by atoms with Gasteiger partial charge in [0.15, 0.2) is 11.5 Å². The van der Waals surface area contributed by atoms with Gasteiger partial charge in [-0.05, 0) is 38.5 Å². The lowest BCUT2D eigenvalue weighted by Crippen LogP contribution is -2.46. The van der Waals surface area contributed by atoms with Crippen LogP contribution in [0.15, 0.2) is 23.4 Å². The maximum Gasteiger partial charge on any atom is 0.338 e. The van der Waals surface area contributed by atoms with Crippen molar-refractivity contribution in [2.75, 3.05) is 28.4 Å². The number of rotatable bonds is 6. The number of ether oxygens (including phenoxy) is 4. The minimum atomic E-state index is -0.714. The van der Waals surface area contributed by atoms with Crippen LogP contribution in [0.25, 0.3) is 0 Å². The molecule has 148 valence electrons. The van der Waals surface area contributed by atoms with Crippen LogP contribution in [0.1, 0.15) is 32.4 Å². The number of benzene rings is 1. The zero-order valence-electron chi connectivity index (χ0n) is 16.7. The molecule has 1 aliphatic heterocycles. The molecule has 8 heteroatoms. The lowest BCUT2D eigenvalue weighted by molar-refractivity contribution is -0.143. The number of urea groups is 1. The average molecular weight is 378 g/mol. The number of nitrogens with one attached hydrogen (secondary N) is 1. The van der Waals surface area contributed by atoms with Gasteiger partial charge < -0.3 is 29.2 Å². The summed E-state index contributed by atoms with van der Waals surface area (Å²) in [5.74, 6) is 0.784. The molecule has 0 bridgehead atoms. The zero-order valence-corrected chi connectivity index (χ0v) is 16.7. The monoisotopic (exact) mass is 378 g/mol. The van der Waals surface area contributed by atoms with Gasteiger partial charge in [-0.25, -0.2) is 9.59 Å². The van der Waals surface area contributed by atoms with E-state index in [2.05, 4.69) is 5.32 Å². The van der Waals surface area contributed by atoms with Gasteiger partial charge >= 0.3 is 12.0 Å². The van der Waals surface area contributed by atoms with Crippen molar-refractivity contribution in [3.05, 3.63) is 29.0 Å². The van der Waals surface area contributed by atoms with Crippen LogP contribution in [-0.2, 0) is 9.53 Å². The Labute approximate surface area is 159 Å². The van der Waals surface area contributed by atoms with Gasteiger partial charge in [0, 0.05) is 12.7 Å². The Kier molecular flexibility index (Phi) is 6.20. The van der Waals surface area contributed by atoms with Crippen LogP contribution in [0.2, 0.25) is 0 Å². The quantitative estimate of drug-likeness (QED) is 0.766. The molecule has 0 aromatic heterocycles. The molecule has 8 nitrogen and oxygen atoms in total. The van der Waals surface area contributed by atoms with Crippen molar-refractivity contribution in [1.29, 1.82) is 0 Å². The van der Waals surface area contributed by atoms with E-state index in [4.69, 9.17) is 18.9 Å². The van der Waals surface area contributed by atoms with E-state index in [1.54, 1.807) is 40.0 Å². The Morgan fingerprint density at radius 2 is 1.67 bits per heavy atom. The minimum Gasteiger partial charge on any atom is -0.493 e. The molecule has 2 amide bonds. The molecule has 1 aliphatic rings. The topological polar surface area (TPSA) is 86.3 Å². The smallest absolute Gasteiger partial charge is 0.338 e. The highest BCUT2D eigenvalue weighted by molar-refractivity contribution is 5.95. The molecule has 27 heavy (non-hydrogen) atoms. The maximum absolute atomic E-state index is 12.7. The highest BCUT2D eigenvalue weighted by atomic mass is 16.5. The molecular weight excluding hydrogens is 352 g/mol. The van der Waals surface area contributed by atoms with Crippen molar-refractivity contribution < 1.29 is 28.5 Å². The fourth-order valence-corrected chi connectivity index (χ4v) is 2.90. The molecular formula is C19H26N2O6. The Bertz CT molecular complexity index is 746. The fraction of sp³-hybridized carbons (Fsp3) is 0.474. The van der Waals surface area contributed by atoms with Crippen LogP contribution in [0, 0.1) is 0 Å². The van der Waals surface area contributed by atoms with Gasteiger partial charge in [-0.1, -0.05) is 0 Å². The third-order valence-corrected chi connectivity index (χ3v) is 4.34. The van der Waals surface area contributed by atoms with E-state index < -0.39 is 12.0 Å². The minimum absolute atomic E-state index is 0.290. The number of hydrogen-bond acceptors (Lipinski definition) is 6. The normalized spacial score (nSPS) is 17.0. The van der Waals surface area contributed by atoms with Crippen molar-refractivity contribution in [3.8, 4) is 17.2 Å². The largest absolute Gasteiger partial charge is 0.493 e. The zero-order chi connectivity index (χ0) is 20.3. The summed E-state index contributed by atoms with van der Waals surface area (Å²) in [4.78, 5) is 26.5. The number of amides is 2. The van der Waals surface area contributed by atoms with Crippen molar-refractivity contribution in [2.24, 2.45) is 0 Å². The lowest BCUT2D eigenvalue weighted by Gasteiger charge is -2.33. The standard InChI is InChI=1S/C19H26N2O6/c1-10(2)27-18(22)15-11(3)21(4)19(23)20-16(15)12-8-13(24-5)17(26-7)14(9-12)25-6/h8-10,16H,1-7H3,(H,20,23). The predicted octanol–water partition coefficient (Wildman–Crippen LogP) is 2.63. The SMILES string of the molecule is COc1cc(C2NC(=O)N(C)C(C)=C2C(=O)OC(C)C)cc(OC)c1OC. The Morgan fingerprint density at radius 1 is 1.11 bits per heavy atom. The number of carbonyl (C=O) groups is 2. The van der Waals surface area contributed by atoms with Crippen molar-refractivity contribution in [1.82, 2.24) is 10.2 Å². The summed E-state index contributed by atoms with van der Waals surface area (Å²) in [6, 6.07) is 2.36. The molecule has 2 rings (SSSR count). The van der Waals surface area contributed by atoms with E-state index in [0.29, 0.717) is 34.1 Å². The van der Waals surface area contributed by atoms with E-state index in [1.165, 1.54) is 26.2 Å². The van der Waals surface area contributed by atoms with Gasteiger partial charge in [-0.3, -0.25) is 0 Å². The fourth-order valence-electron chi connectivity index (χ4n) is 2.90. The third-order valence-electron chi connectivity index (χ3n) is 4.34. The summed E-state index contributed by atoms with van der Waals surface area (Å²) in [6.07, 6.45) is -0.290. The molecule has 0 fully saturated rings. The number of nitrogens with zero attached hydrogens (tertiary/aromatic N) is 1. The van der Waals surface area contributed by atoms with E-state index in [9.17, 15) is 9.59 Å². The van der Waals surface area contributed by atoms with E-state index in [0.717, 1.165) is 0 Å². The highest BCUT2D eigenvalue weighted by Crippen LogP contribution is 2.42. The van der Waals surface area contributed by atoms with Crippen molar-refractivity contribution >= 4 is 12.0 Å². The third kappa shape index (κ3) is 3.94. The molecule has 1 aromatic carbocycles. The summed E-state index contributed by atoms with van der Waals surface area (Å²) < 4.78 is 21.5. The number of carbonyl (C=O) groups excluding carboxylic acids is 2. The van der Waals surface area contributed by atoms with Gasteiger partial charge in [0.2, 0.25) is 5.75 Å². The van der Waals surface area contributed by atoms with Crippen molar-refractivity contribution in [2.45, 2.75) is 32.9 Å². The molecule has 0 aliphatic carbocycles. The molecule has 0 radical (unpaired) electrons. The second-order valence-electron chi connectivity index (χ2n) is 6.35.